The van der Waals surface area contributed by atoms with Gasteiger partial charge in [0.25, 0.3) is 0 Å². The topological polar surface area (TPSA) is 48.7 Å². The van der Waals surface area contributed by atoms with Crippen LogP contribution in [-0.2, 0) is 6.54 Å². The van der Waals surface area contributed by atoms with Crippen LogP contribution < -0.4 is 5.32 Å². The Bertz CT molecular complexity index is 658. The van der Waals surface area contributed by atoms with Gasteiger partial charge in [0.05, 0.1) is 22.3 Å². The fourth-order valence-corrected chi connectivity index (χ4v) is 3.02. The second-order valence-corrected chi connectivity index (χ2v) is 5.94. The van der Waals surface area contributed by atoms with E-state index in [4.69, 9.17) is 5.26 Å². The standard InChI is InChI=1S/C15H16FN3S/c1-9(15-10(2)19-11(3)20-15)18-8-13-5-4-12(7-17)6-14(13)16/h4-6,9,18H,8H2,1-3H3. The van der Waals surface area contributed by atoms with Crippen molar-refractivity contribution >= 4 is 11.3 Å². The molecule has 104 valence electrons. The fourth-order valence-electron chi connectivity index (χ4n) is 2.06. The Morgan fingerprint density at radius 2 is 2.20 bits per heavy atom. The number of hydrogen-bond donors (Lipinski definition) is 1. The molecule has 0 aliphatic heterocycles. The third-order valence-electron chi connectivity index (χ3n) is 3.11. The van der Waals surface area contributed by atoms with E-state index in [9.17, 15) is 4.39 Å². The van der Waals surface area contributed by atoms with Crippen molar-refractivity contribution in [2.75, 3.05) is 0 Å². The Hall–Kier alpha value is -1.77. The molecule has 1 aromatic heterocycles. The number of benzene rings is 1. The summed E-state index contributed by atoms with van der Waals surface area (Å²) in [6.45, 7) is 6.43. The summed E-state index contributed by atoms with van der Waals surface area (Å²) in [5.74, 6) is -0.346. The van der Waals surface area contributed by atoms with Gasteiger partial charge in [-0.25, -0.2) is 9.37 Å². The first kappa shape index (κ1) is 14.6. The predicted octanol–water partition coefficient (Wildman–Crippen LogP) is 3.62. The van der Waals surface area contributed by atoms with Crippen LogP contribution in [0.1, 0.15) is 39.7 Å². The average Bonchev–Trinajstić information content (AvgIpc) is 2.76. The number of nitrogens with zero attached hydrogens (tertiary/aromatic N) is 2. The summed E-state index contributed by atoms with van der Waals surface area (Å²) in [4.78, 5) is 5.57. The lowest BCUT2D eigenvalue weighted by atomic mass is 10.1. The second-order valence-electron chi connectivity index (χ2n) is 4.70. The number of rotatable bonds is 4. The van der Waals surface area contributed by atoms with Gasteiger partial charge in [0.15, 0.2) is 0 Å². The molecule has 1 unspecified atom stereocenters. The molecule has 2 rings (SSSR count). The number of nitrogens with one attached hydrogen (secondary N) is 1. The molecule has 1 atom stereocenters. The molecule has 0 bridgehead atoms. The van der Waals surface area contributed by atoms with E-state index in [2.05, 4.69) is 10.3 Å². The van der Waals surface area contributed by atoms with Crippen molar-refractivity contribution in [3.05, 3.63) is 50.7 Å². The molecule has 0 saturated carbocycles. The van der Waals surface area contributed by atoms with Crippen molar-refractivity contribution in [3.8, 4) is 6.07 Å². The Morgan fingerprint density at radius 1 is 1.45 bits per heavy atom. The van der Waals surface area contributed by atoms with Crippen LogP contribution >= 0.6 is 11.3 Å². The lowest BCUT2D eigenvalue weighted by molar-refractivity contribution is 0.547. The highest BCUT2D eigenvalue weighted by atomic mass is 32.1. The summed E-state index contributed by atoms with van der Waals surface area (Å²) >= 11 is 1.66. The number of nitriles is 1. The maximum absolute atomic E-state index is 13.8. The van der Waals surface area contributed by atoms with Crippen molar-refractivity contribution in [2.24, 2.45) is 0 Å². The fraction of sp³-hybridized carbons (Fsp3) is 0.333. The van der Waals surface area contributed by atoms with Gasteiger partial charge in [-0.2, -0.15) is 5.26 Å². The van der Waals surface area contributed by atoms with Gasteiger partial charge in [0.1, 0.15) is 5.82 Å². The molecule has 0 spiro atoms. The summed E-state index contributed by atoms with van der Waals surface area (Å²) in [5, 5.41) is 13.0. The largest absolute Gasteiger partial charge is 0.305 e. The van der Waals surface area contributed by atoms with E-state index in [-0.39, 0.29) is 11.9 Å². The molecule has 0 amide bonds. The molecule has 0 radical (unpaired) electrons. The van der Waals surface area contributed by atoms with E-state index in [0.29, 0.717) is 17.7 Å². The van der Waals surface area contributed by atoms with Crippen LogP contribution in [-0.4, -0.2) is 4.98 Å². The molecule has 0 aliphatic rings. The normalized spacial score (nSPS) is 12.2. The zero-order chi connectivity index (χ0) is 14.7. The van der Waals surface area contributed by atoms with Gasteiger partial charge >= 0.3 is 0 Å². The maximum Gasteiger partial charge on any atom is 0.129 e. The molecule has 0 saturated heterocycles. The van der Waals surface area contributed by atoms with Crippen LogP contribution in [0.25, 0.3) is 0 Å². The summed E-state index contributed by atoms with van der Waals surface area (Å²) in [5.41, 5.74) is 1.93. The third-order valence-corrected chi connectivity index (χ3v) is 4.37. The predicted molar refractivity (Wildman–Crippen MR) is 78.0 cm³/mol. The van der Waals surface area contributed by atoms with E-state index < -0.39 is 0 Å². The smallest absolute Gasteiger partial charge is 0.129 e. The highest BCUT2D eigenvalue weighted by Crippen LogP contribution is 2.24. The average molecular weight is 289 g/mol. The van der Waals surface area contributed by atoms with Gasteiger partial charge in [-0.3, -0.25) is 0 Å². The van der Waals surface area contributed by atoms with Crippen LogP contribution in [0.2, 0.25) is 0 Å². The molecule has 5 heteroatoms. The number of halogens is 1. The van der Waals surface area contributed by atoms with Crippen molar-refractivity contribution in [1.82, 2.24) is 10.3 Å². The van der Waals surface area contributed by atoms with Gasteiger partial charge in [0, 0.05) is 23.0 Å². The molecule has 0 fully saturated rings. The highest BCUT2D eigenvalue weighted by Gasteiger charge is 2.13. The van der Waals surface area contributed by atoms with Gasteiger partial charge in [-0.1, -0.05) is 6.07 Å². The van der Waals surface area contributed by atoms with E-state index >= 15 is 0 Å². The molecule has 1 heterocycles. The Kier molecular flexibility index (Phi) is 4.48. The first-order valence-corrected chi connectivity index (χ1v) is 7.18. The quantitative estimate of drug-likeness (QED) is 0.935. The maximum atomic E-state index is 13.8. The second kappa shape index (κ2) is 6.12. The Morgan fingerprint density at radius 3 is 2.75 bits per heavy atom. The minimum absolute atomic E-state index is 0.122. The van der Waals surface area contributed by atoms with Crippen molar-refractivity contribution in [3.63, 3.8) is 0 Å². The van der Waals surface area contributed by atoms with E-state index in [0.717, 1.165) is 10.7 Å². The van der Waals surface area contributed by atoms with E-state index in [1.54, 1.807) is 23.5 Å². The van der Waals surface area contributed by atoms with Crippen LogP contribution in [0.4, 0.5) is 4.39 Å². The third kappa shape index (κ3) is 3.21. The van der Waals surface area contributed by atoms with E-state index in [1.165, 1.54) is 10.9 Å². The molecule has 1 aromatic carbocycles. The minimum Gasteiger partial charge on any atom is -0.305 e. The van der Waals surface area contributed by atoms with Gasteiger partial charge in [-0.15, -0.1) is 11.3 Å². The number of aromatic nitrogens is 1. The lowest BCUT2D eigenvalue weighted by Crippen LogP contribution is -2.18. The number of hydrogen-bond acceptors (Lipinski definition) is 4. The molecule has 0 aliphatic carbocycles. The van der Waals surface area contributed by atoms with Crippen molar-refractivity contribution < 1.29 is 4.39 Å². The lowest BCUT2D eigenvalue weighted by Gasteiger charge is -2.13. The monoisotopic (exact) mass is 289 g/mol. The molecular formula is C15H16FN3S. The first-order chi connectivity index (χ1) is 9.51. The van der Waals surface area contributed by atoms with Gasteiger partial charge in [-0.05, 0) is 32.9 Å². The summed E-state index contributed by atoms with van der Waals surface area (Å²) in [6, 6.07) is 6.60. The molecule has 20 heavy (non-hydrogen) atoms. The first-order valence-electron chi connectivity index (χ1n) is 6.37. The van der Waals surface area contributed by atoms with Crippen LogP contribution in [0, 0.1) is 31.0 Å². The van der Waals surface area contributed by atoms with Crippen molar-refractivity contribution in [2.45, 2.75) is 33.4 Å². The number of aryl methyl sites for hydroxylation is 2. The van der Waals surface area contributed by atoms with Crippen LogP contribution in [0.15, 0.2) is 18.2 Å². The SMILES string of the molecule is Cc1nc(C)c(C(C)NCc2ccc(C#N)cc2F)s1. The summed E-state index contributed by atoms with van der Waals surface area (Å²) < 4.78 is 13.8. The zero-order valence-electron chi connectivity index (χ0n) is 11.7. The van der Waals surface area contributed by atoms with Gasteiger partial charge in [0.2, 0.25) is 0 Å². The van der Waals surface area contributed by atoms with Crippen LogP contribution in [0.3, 0.4) is 0 Å². The number of thiazole rings is 1. The summed E-state index contributed by atoms with van der Waals surface area (Å²) in [7, 11) is 0. The molecular weight excluding hydrogens is 273 g/mol. The highest BCUT2D eigenvalue weighted by molar-refractivity contribution is 7.11. The summed E-state index contributed by atoms with van der Waals surface area (Å²) in [6.07, 6.45) is 0. The molecule has 3 nitrogen and oxygen atoms in total. The zero-order valence-corrected chi connectivity index (χ0v) is 12.5. The molecule has 2 aromatic rings. The Balaban J connectivity index is 2.05. The Labute approximate surface area is 122 Å². The minimum atomic E-state index is -0.346. The van der Waals surface area contributed by atoms with Crippen LogP contribution in [0.5, 0.6) is 0 Å². The molecule has 1 N–H and O–H groups in total. The van der Waals surface area contributed by atoms with E-state index in [1.807, 2.05) is 26.8 Å². The van der Waals surface area contributed by atoms with Gasteiger partial charge < -0.3 is 5.32 Å². The van der Waals surface area contributed by atoms with Crippen molar-refractivity contribution in [1.29, 1.82) is 5.26 Å².